The summed E-state index contributed by atoms with van der Waals surface area (Å²) in [5.41, 5.74) is 10.0. The Morgan fingerprint density at radius 3 is 2.43 bits per heavy atom. The van der Waals surface area contributed by atoms with Crippen LogP contribution in [-0.2, 0) is 6.54 Å². The van der Waals surface area contributed by atoms with Crippen LogP contribution in [0.25, 0.3) is 0 Å². The SMILES string of the molecule is Cc1ccc2c(c1)C(=O)N(c1cccc(C)c1CN)C2=O. The van der Waals surface area contributed by atoms with Crippen LogP contribution in [0, 0.1) is 13.8 Å². The maximum atomic E-state index is 12.6. The minimum absolute atomic E-state index is 0.279. The Kier molecular flexibility index (Phi) is 3.11. The minimum Gasteiger partial charge on any atom is -0.326 e. The van der Waals surface area contributed by atoms with Crippen molar-refractivity contribution in [2.75, 3.05) is 4.90 Å². The van der Waals surface area contributed by atoms with Crippen LogP contribution in [-0.4, -0.2) is 11.8 Å². The van der Waals surface area contributed by atoms with E-state index in [-0.39, 0.29) is 18.4 Å². The highest BCUT2D eigenvalue weighted by atomic mass is 16.2. The second kappa shape index (κ2) is 4.82. The van der Waals surface area contributed by atoms with Gasteiger partial charge in [-0.15, -0.1) is 0 Å². The molecule has 0 saturated carbocycles. The van der Waals surface area contributed by atoms with E-state index < -0.39 is 0 Å². The van der Waals surface area contributed by atoms with Gasteiger partial charge in [-0.2, -0.15) is 0 Å². The number of fused-ring (bicyclic) bond motifs is 1. The van der Waals surface area contributed by atoms with Crippen molar-refractivity contribution in [3.8, 4) is 0 Å². The van der Waals surface area contributed by atoms with Crippen molar-refractivity contribution in [3.63, 3.8) is 0 Å². The molecule has 4 heteroatoms. The monoisotopic (exact) mass is 280 g/mol. The molecular formula is C17H16N2O2. The highest BCUT2D eigenvalue weighted by Crippen LogP contribution is 2.32. The Bertz CT molecular complexity index is 765. The smallest absolute Gasteiger partial charge is 0.266 e. The van der Waals surface area contributed by atoms with Crippen LogP contribution in [0.2, 0.25) is 0 Å². The van der Waals surface area contributed by atoms with Crippen molar-refractivity contribution in [2.45, 2.75) is 20.4 Å². The molecule has 0 aromatic heterocycles. The van der Waals surface area contributed by atoms with Gasteiger partial charge in [0.05, 0.1) is 16.8 Å². The quantitative estimate of drug-likeness (QED) is 0.860. The molecule has 2 N–H and O–H groups in total. The second-order valence-electron chi connectivity index (χ2n) is 5.27. The second-order valence-corrected chi connectivity index (χ2v) is 5.27. The predicted molar refractivity (Wildman–Crippen MR) is 81.4 cm³/mol. The molecule has 0 saturated heterocycles. The fourth-order valence-electron chi connectivity index (χ4n) is 2.74. The molecule has 0 unspecified atom stereocenters. The largest absolute Gasteiger partial charge is 0.326 e. The number of imide groups is 1. The van der Waals surface area contributed by atoms with E-state index in [0.717, 1.165) is 16.7 Å². The van der Waals surface area contributed by atoms with E-state index in [0.29, 0.717) is 16.8 Å². The van der Waals surface area contributed by atoms with Crippen LogP contribution in [0.3, 0.4) is 0 Å². The summed E-state index contributed by atoms with van der Waals surface area (Å²) < 4.78 is 0. The number of nitrogens with zero attached hydrogens (tertiary/aromatic N) is 1. The van der Waals surface area contributed by atoms with Crippen LogP contribution in [0.1, 0.15) is 37.4 Å². The topological polar surface area (TPSA) is 63.4 Å². The van der Waals surface area contributed by atoms with Crippen LogP contribution in [0.5, 0.6) is 0 Å². The van der Waals surface area contributed by atoms with Gasteiger partial charge in [-0.25, -0.2) is 4.90 Å². The molecule has 4 nitrogen and oxygen atoms in total. The standard InChI is InChI=1S/C17H16N2O2/c1-10-6-7-12-13(8-10)17(21)19(16(12)20)15-5-3-4-11(2)14(15)9-18/h3-8H,9,18H2,1-2H3. The van der Waals surface area contributed by atoms with Gasteiger partial charge in [0, 0.05) is 6.54 Å². The summed E-state index contributed by atoms with van der Waals surface area (Å²) in [6, 6.07) is 10.8. The maximum absolute atomic E-state index is 12.6. The summed E-state index contributed by atoms with van der Waals surface area (Å²) in [4.78, 5) is 26.4. The minimum atomic E-state index is -0.282. The number of benzene rings is 2. The van der Waals surface area contributed by atoms with Crippen LogP contribution in [0.15, 0.2) is 36.4 Å². The van der Waals surface area contributed by atoms with E-state index in [1.54, 1.807) is 18.2 Å². The molecule has 1 aliphatic rings. The Labute approximate surface area is 123 Å². The van der Waals surface area contributed by atoms with Gasteiger partial charge in [-0.1, -0.05) is 23.8 Å². The Hall–Kier alpha value is -2.46. The van der Waals surface area contributed by atoms with Gasteiger partial charge >= 0.3 is 0 Å². The zero-order valence-corrected chi connectivity index (χ0v) is 12.0. The Balaban J connectivity index is 2.17. The number of rotatable bonds is 2. The lowest BCUT2D eigenvalue weighted by Crippen LogP contribution is -2.30. The average molecular weight is 280 g/mol. The first-order valence-corrected chi connectivity index (χ1v) is 6.82. The lowest BCUT2D eigenvalue weighted by atomic mass is 10.1. The van der Waals surface area contributed by atoms with Gasteiger partial charge in [-0.05, 0) is 43.2 Å². The van der Waals surface area contributed by atoms with E-state index in [9.17, 15) is 9.59 Å². The van der Waals surface area contributed by atoms with Crippen LogP contribution in [0.4, 0.5) is 5.69 Å². The molecule has 1 heterocycles. The molecule has 0 fully saturated rings. The number of nitrogens with two attached hydrogens (primary N) is 1. The Morgan fingerprint density at radius 2 is 1.71 bits per heavy atom. The summed E-state index contributed by atoms with van der Waals surface area (Å²) in [5, 5.41) is 0. The van der Waals surface area contributed by atoms with Gasteiger partial charge in [-0.3, -0.25) is 9.59 Å². The highest BCUT2D eigenvalue weighted by molar-refractivity contribution is 6.34. The summed E-state index contributed by atoms with van der Waals surface area (Å²) in [5.74, 6) is -0.561. The summed E-state index contributed by atoms with van der Waals surface area (Å²) in [6.07, 6.45) is 0. The van der Waals surface area contributed by atoms with Gasteiger partial charge in [0.2, 0.25) is 0 Å². The highest BCUT2D eigenvalue weighted by Gasteiger charge is 2.37. The molecule has 3 rings (SSSR count). The summed E-state index contributed by atoms with van der Waals surface area (Å²) in [6.45, 7) is 4.11. The van der Waals surface area contributed by atoms with E-state index in [1.165, 1.54) is 4.90 Å². The predicted octanol–water partition coefficient (Wildman–Crippen LogP) is 2.56. The molecule has 21 heavy (non-hydrogen) atoms. The number of carbonyl (C=O) groups is 2. The lowest BCUT2D eigenvalue weighted by molar-refractivity contribution is 0.0926. The molecule has 2 aromatic carbocycles. The number of hydrogen-bond donors (Lipinski definition) is 1. The van der Waals surface area contributed by atoms with Gasteiger partial charge in [0.15, 0.2) is 0 Å². The maximum Gasteiger partial charge on any atom is 0.266 e. The average Bonchev–Trinajstić information content (AvgIpc) is 2.70. The van der Waals surface area contributed by atoms with Crippen molar-refractivity contribution < 1.29 is 9.59 Å². The third kappa shape index (κ3) is 1.96. The molecule has 1 aliphatic heterocycles. The Morgan fingerprint density at radius 1 is 1.00 bits per heavy atom. The number of carbonyl (C=O) groups excluding carboxylic acids is 2. The van der Waals surface area contributed by atoms with E-state index in [2.05, 4.69) is 0 Å². The van der Waals surface area contributed by atoms with E-state index in [4.69, 9.17) is 5.73 Å². The molecule has 0 spiro atoms. The van der Waals surface area contributed by atoms with E-state index in [1.807, 2.05) is 32.0 Å². The summed E-state index contributed by atoms with van der Waals surface area (Å²) >= 11 is 0. The zero-order valence-electron chi connectivity index (χ0n) is 12.0. The fourth-order valence-corrected chi connectivity index (χ4v) is 2.74. The van der Waals surface area contributed by atoms with Crippen molar-refractivity contribution in [1.29, 1.82) is 0 Å². The van der Waals surface area contributed by atoms with Gasteiger partial charge in [0.1, 0.15) is 0 Å². The molecular weight excluding hydrogens is 264 g/mol. The zero-order chi connectivity index (χ0) is 15.1. The van der Waals surface area contributed by atoms with Gasteiger partial charge < -0.3 is 5.73 Å². The molecule has 2 aromatic rings. The lowest BCUT2D eigenvalue weighted by Gasteiger charge is -2.19. The molecule has 0 atom stereocenters. The van der Waals surface area contributed by atoms with Crippen molar-refractivity contribution >= 4 is 17.5 Å². The first kappa shape index (κ1) is 13.5. The molecule has 0 bridgehead atoms. The summed E-state index contributed by atoms with van der Waals surface area (Å²) in [7, 11) is 0. The van der Waals surface area contributed by atoms with E-state index >= 15 is 0 Å². The fraction of sp³-hybridized carbons (Fsp3) is 0.176. The van der Waals surface area contributed by atoms with Gasteiger partial charge in [0.25, 0.3) is 11.8 Å². The number of aryl methyl sites for hydroxylation is 2. The molecule has 0 radical (unpaired) electrons. The number of amides is 2. The third-order valence-corrected chi connectivity index (χ3v) is 3.87. The molecule has 2 amide bonds. The molecule has 0 aliphatic carbocycles. The van der Waals surface area contributed by atoms with Crippen LogP contribution >= 0.6 is 0 Å². The van der Waals surface area contributed by atoms with Crippen molar-refractivity contribution in [3.05, 3.63) is 64.2 Å². The van der Waals surface area contributed by atoms with Crippen molar-refractivity contribution in [2.24, 2.45) is 5.73 Å². The van der Waals surface area contributed by atoms with Crippen LogP contribution < -0.4 is 10.6 Å². The van der Waals surface area contributed by atoms with Crippen molar-refractivity contribution in [1.82, 2.24) is 0 Å². The number of hydrogen-bond acceptors (Lipinski definition) is 3. The first-order chi connectivity index (χ1) is 10.0. The molecule has 106 valence electrons. The third-order valence-electron chi connectivity index (χ3n) is 3.87. The first-order valence-electron chi connectivity index (χ1n) is 6.82. The number of anilines is 1. The normalized spacial score (nSPS) is 13.8.